The zero-order valence-corrected chi connectivity index (χ0v) is 7.10. The number of halogens is 2. The van der Waals surface area contributed by atoms with Crippen molar-refractivity contribution in [1.29, 1.82) is 0 Å². The fourth-order valence-electron chi connectivity index (χ4n) is 0.435. The molecule has 0 amide bonds. The molecule has 1 aromatic heterocycles. The van der Waals surface area contributed by atoms with Crippen LogP contribution in [0.15, 0.2) is 12.7 Å². The van der Waals surface area contributed by atoms with Crippen LogP contribution in [-0.4, -0.2) is 20.1 Å². The molecule has 3 nitrogen and oxygen atoms in total. The minimum absolute atomic E-state index is 0. The molecule has 0 bridgehead atoms. The van der Waals surface area contributed by atoms with E-state index in [1.54, 1.807) is 11.0 Å². The second kappa shape index (κ2) is 4.76. The van der Waals surface area contributed by atoms with Crippen LogP contribution in [0.1, 0.15) is 0 Å². The minimum Gasteiger partial charge on any atom is -0.252 e. The first-order valence-electron chi connectivity index (χ1n) is 2.32. The summed E-state index contributed by atoms with van der Waals surface area (Å²) in [6.45, 7) is 0.889. The van der Waals surface area contributed by atoms with Crippen LogP contribution in [0.4, 0.5) is 0 Å². The van der Waals surface area contributed by atoms with Crippen LogP contribution in [-0.2, 0) is 6.54 Å². The van der Waals surface area contributed by atoms with Crippen molar-refractivity contribution in [3.63, 3.8) is 0 Å². The largest absolute Gasteiger partial charge is 0.252 e. The Labute approximate surface area is 68.0 Å². The summed E-state index contributed by atoms with van der Waals surface area (Å²) in [5.41, 5.74) is 0. The van der Waals surface area contributed by atoms with E-state index in [0.29, 0.717) is 0 Å². The summed E-state index contributed by atoms with van der Waals surface area (Å²) in [5.74, 6) is 0. The van der Waals surface area contributed by atoms with Crippen molar-refractivity contribution in [2.24, 2.45) is 0 Å². The zero-order valence-electron chi connectivity index (χ0n) is 4.70. The van der Waals surface area contributed by atoms with Crippen LogP contribution in [0.25, 0.3) is 0 Å². The molecule has 5 heteroatoms. The van der Waals surface area contributed by atoms with Gasteiger partial charge in [0.25, 0.3) is 0 Å². The first-order valence-corrected chi connectivity index (χ1v) is 3.44. The standard InChI is InChI=1S/C4H6BrN3.ClH/c5-1-2-8-4-6-3-7-8;/h3-4H,1-2H2;1H. The molecule has 1 heterocycles. The molecule has 0 fully saturated rings. The summed E-state index contributed by atoms with van der Waals surface area (Å²) in [6.07, 6.45) is 3.23. The van der Waals surface area contributed by atoms with E-state index in [2.05, 4.69) is 26.0 Å². The van der Waals surface area contributed by atoms with E-state index in [-0.39, 0.29) is 12.4 Å². The Morgan fingerprint density at radius 3 is 2.78 bits per heavy atom. The highest BCUT2D eigenvalue weighted by Crippen LogP contribution is 1.84. The predicted molar refractivity (Wildman–Crippen MR) is 41.1 cm³/mol. The van der Waals surface area contributed by atoms with E-state index in [1.165, 1.54) is 6.33 Å². The van der Waals surface area contributed by atoms with Gasteiger partial charge in [-0.05, 0) is 0 Å². The van der Waals surface area contributed by atoms with Crippen LogP contribution in [0.5, 0.6) is 0 Å². The van der Waals surface area contributed by atoms with Crippen molar-refractivity contribution in [2.75, 3.05) is 5.33 Å². The molecule has 0 aliphatic carbocycles. The number of aromatic nitrogens is 3. The smallest absolute Gasteiger partial charge is 0.137 e. The lowest BCUT2D eigenvalue weighted by molar-refractivity contribution is 0.667. The Hall–Kier alpha value is -0.0900. The van der Waals surface area contributed by atoms with Crippen LogP contribution in [0.3, 0.4) is 0 Å². The number of aryl methyl sites for hydroxylation is 1. The third-order valence-electron chi connectivity index (χ3n) is 0.780. The Balaban J connectivity index is 0.000000640. The normalized spacial score (nSPS) is 8.56. The van der Waals surface area contributed by atoms with Gasteiger partial charge in [-0.3, -0.25) is 4.68 Å². The molecule has 0 atom stereocenters. The van der Waals surface area contributed by atoms with E-state index < -0.39 is 0 Å². The number of rotatable bonds is 2. The van der Waals surface area contributed by atoms with E-state index in [1.807, 2.05) is 0 Å². The monoisotopic (exact) mass is 211 g/mol. The average molecular weight is 212 g/mol. The molecule has 1 aromatic rings. The second-order valence-corrected chi connectivity index (χ2v) is 2.14. The molecule has 0 spiro atoms. The predicted octanol–water partition coefficient (Wildman–Crippen LogP) is 1.09. The van der Waals surface area contributed by atoms with Gasteiger partial charge in [0.2, 0.25) is 0 Å². The lowest BCUT2D eigenvalue weighted by atomic mass is 10.8. The molecule has 0 N–H and O–H groups in total. The quantitative estimate of drug-likeness (QED) is 0.687. The Bertz CT molecular complexity index is 142. The SMILES string of the molecule is BrCCn1cncn1.Cl. The highest BCUT2D eigenvalue weighted by Gasteiger charge is 1.84. The fourth-order valence-corrected chi connectivity index (χ4v) is 0.798. The molecular formula is C4H7BrClN3. The number of hydrogen-bond donors (Lipinski definition) is 0. The van der Waals surface area contributed by atoms with E-state index in [0.717, 1.165) is 11.9 Å². The first kappa shape index (κ1) is 8.91. The Morgan fingerprint density at radius 2 is 2.33 bits per heavy atom. The minimum atomic E-state index is 0. The molecule has 1 rings (SSSR count). The van der Waals surface area contributed by atoms with Gasteiger partial charge in [0.15, 0.2) is 0 Å². The van der Waals surface area contributed by atoms with Gasteiger partial charge in [-0.1, -0.05) is 15.9 Å². The van der Waals surface area contributed by atoms with Crippen molar-refractivity contribution in [1.82, 2.24) is 14.8 Å². The van der Waals surface area contributed by atoms with E-state index in [4.69, 9.17) is 0 Å². The summed E-state index contributed by atoms with van der Waals surface area (Å²) in [7, 11) is 0. The van der Waals surface area contributed by atoms with Crippen molar-refractivity contribution < 1.29 is 0 Å². The molecule has 0 aromatic carbocycles. The number of nitrogens with zero attached hydrogens (tertiary/aromatic N) is 3. The summed E-state index contributed by atoms with van der Waals surface area (Å²) in [4.78, 5) is 3.77. The van der Waals surface area contributed by atoms with Gasteiger partial charge in [0, 0.05) is 5.33 Å². The van der Waals surface area contributed by atoms with Crippen LogP contribution in [0.2, 0.25) is 0 Å². The lowest BCUT2D eigenvalue weighted by Crippen LogP contribution is -1.97. The lowest BCUT2D eigenvalue weighted by Gasteiger charge is -1.90. The maximum Gasteiger partial charge on any atom is 0.137 e. The van der Waals surface area contributed by atoms with Gasteiger partial charge < -0.3 is 0 Å². The van der Waals surface area contributed by atoms with Gasteiger partial charge >= 0.3 is 0 Å². The molecule has 0 aliphatic heterocycles. The molecule has 0 saturated heterocycles. The third kappa shape index (κ3) is 2.81. The summed E-state index contributed by atoms with van der Waals surface area (Å²) >= 11 is 3.28. The molecule has 9 heavy (non-hydrogen) atoms. The van der Waals surface area contributed by atoms with Gasteiger partial charge in [-0.25, -0.2) is 4.98 Å². The highest BCUT2D eigenvalue weighted by atomic mass is 79.9. The van der Waals surface area contributed by atoms with Gasteiger partial charge in [-0.15, -0.1) is 12.4 Å². The molecular weight excluding hydrogens is 205 g/mol. The first-order chi connectivity index (χ1) is 3.93. The van der Waals surface area contributed by atoms with Crippen LogP contribution in [0, 0.1) is 0 Å². The van der Waals surface area contributed by atoms with Crippen molar-refractivity contribution in [3.8, 4) is 0 Å². The summed E-state index contributed by atoms with van der Waals surface area (Å²) in [6, 6.07) is 0. The fraction of sp³-hybridized carbons (Fsp3) is 0.500. The topological polar surface area (TPSA) is 30.7 Å². The van der Waals surface area contributed by atoms with E-state index in [9.17, 15) is 0 Å². The Kier molecular flexibility index (Phi) is 4.71. The van der Waals surface area contributed by atoms with Gasteiger partial charge in [0.05, 0.1) is 6.54 Å². The number of hydrogen-bond acceptors (Lipinski definition) is 2. The molecule has 0 unspecified atom stereocenters. The van der Waals surface area contributed by atoms with Crippen LogP contribution < -0.4 is 0 Å². The van der Waals surface area contributed by atoms with E-state index >= 15 is 0 Å². The van der Waals surface area contributed by atoms with Crippen molar-refractivity contribution in [3.05, 3.63) is 12.7 Å². The highest BCUT2D eigenvalue weighted by molar-refractivity contribution is 9.09. The van der Waals surface area contributed by atoms with Crippen LogP contribution >= 0.6 is 28.3 Å². The third-order valence-corrected chi connectivity index (χ3v) is 1.13. The average Bonchev–Trinajstić information content (AvgIpc) is 2.19. The Morgan fingerprint density at radius 1 is 1.56 bits per heavy atom. The molecule has 0 radical (unpaired) electrons. The molecule has 0 saturated carbocycles. The van der Waals surface area contributed by atoms with Crippen molar-refractivity contribution >= 4 is 28.3 Å². The number of alkyl halides is 1. The summed E-state index contributed by atoms with van der Waals surface area (Å²) < 4.78 is 1.77. The summed E-state index contributed by atoms with van der Waals surface area (Å²) in [5, 5.41) is 4.81. The molecule has 0 aliphatic rings. The zero-order chi connectivity index (χ0) is 5.82. The van der Waals surface area contributed by atoms with Gasteiger partial charge in [-0.2, -0.15) is 5.10 Å². The second-order valence-electron chi connectivity index (χ2n) is 1.35. The maximum absolute atomic E-state index is 3.88. The van der Waals surface area contributed by atoms with Gasteiger partial charge in [0.1, 0.15) is 12.7 Å². The molecule has 52 valence electrons. The maximum atomic E-state index is 3.88. The van der Waals surface area contributed by atoms with Crippen molar-refractivity contribution in [2.45, 2.75) is 6.54 Å².